The minimum absolute atomic E-state index is 0.0151. The summed E-state index contributed by atoms with van der Waals surface area (Å²) in [4.78, 5) is 23.5. The number of hydrogen-bond acceptors (Lipinski definition) is 5. The summed E-state index contributed by atoms with van der Waals surface area (Å²) < 4.78 is 41.0. The van der Waals surface area contributed by atoms with Gasteiger partial charge in [0.25, 0.3) is 0 Å². The predicted molar refractivity (Wildman–Crippen MR) is 145 cm³/mol. The van der Waals surface area contributed by atoms with Gasteiger partial charge in [0.2, 0.25) is 5.91 Å². The Hall–Kier alpha value is -3.63. The van der Waals surface area contributed by atoms with Crippen LogP contribution < -0.4 is 5.73 Å². The van der Waals surface area contributed by atoms with Gasteiger partial charge in [-0.05, 0) is 36.5 Å². The molecule has 2 fully saturated rings. The maximum Gasteiger partial charge on any atom is 0.416 e. The van der Waals surface area contributed by atoms with Gasteiger partial charge in [0.15, 0.2) is 0 Å². The smallest absolute Gasteiger partial charge is 0.388 e. The van der Waals surface area contributed by atoms with Crippen LogP contribution in [0.4, 0.5) is 19.0 Å². The summed E-state index contributed by atoms with van der Waals surface area (Å²) in [7, 11) is 0. The van der Waals surface area contributed by atoms with Crippen molar-refractivity contribution in [2.24, 2.45) is 0 Å². The fourth-order valence-corrected chi connectivity index (χ4v) is 6.24. The Kier molecular flexibility index (Phi) is 6.70. The third kappa shape index (κ3) is 4.79. The van der Waals surface area contributed by atoms with Crippen molar-refractivity contribution in [1.29, 1.82) is 0 Å². The first-order valence-corrected chi connectivity index (χ1v) is 13.5. The van der Waals surface area contributed by atoms with Gasteiger partial charge in [-0.1, -0.05) is 54.1 Å². The molecule has 208 valence electrons. The molecule has 0 aliphatic carbocycles. The summed E-state index contributed by atoms with van der Waals surface area (Å²) in [6.07, 6.45) is -0.470. The van der Waals surface area contributed by atoms with Crippen LogP contribution in [0, 0.1) is 0 Å². The van der Waals surface area contributed by atoms with E-state index in [-0.39, 0.29) is 24.1 Å². The lowest BCUT2D eigenvalue weighted by Crippen LogP contribution is -2.41. The first-order valence-electron chi connectivity index (χ1n) is 13.2. The van der Waals surface area contributed by atoms with E-state index in [1.807, 2.05) is 4.90 Å². The molecule has 7 nitrogen and oxygen atoms in total. The molecule has 2 aliphatic rings. The zero-order valence-electron chi connectivity index (χ0n) is 21.4. The SMILES string of the molecule is Nc1nc(-c2ccc(C(O)Cc3cccc(C(F)(F)F)c3)cc2)c(Cl)n2c([C@@H]3CC[C@H]4CCC(=O)N4C3)ncc12. The molecular weight excluding hydrogens is 543 g/mol. The van der Waals surface area contributed by atoms with Crippen molar-refractivity contribution in [2.75, 3.05) is 12.3 Å². The number of carbonyl (C=O) groups is 1. The van der Waals surface area contributed by atoms with Crippen LogP contribution in [0.3, 0.4) is 0 Å². The van der Waals surface area contributed by atoms with E-state index in [2.05, 4.69) is 9.97 Å². The van der Waals surface area contributed by atoms with Crippen LogP contribution in [0.1, 0.15) is 60.2 Å². The predicted octanol–water partition coefficient (Wildman–Crippen LogP) is 5.80. The van der Waals surface area contributed by atoms with Crippen molar-refractivity contribution >= 4 is 28.8 Å². The number of fused-ring (bicyclic) bond motifs is 2. The van der Waals surface area contributed by atoms with Crippen LogP contribution in [0.25, 0.3) is 16.8 Å². The lowest BCUT2D eigenvalue weighted by Gasteiger charge is -2.34. The molecule has 0 spiro atoms. The zero-order valence-corrected chi connectivity index (χ0v) is 22.2. The second-order valence-corrected chi connectivity index (χ2v) is 10.9. The van der Waals surface area contributed by atoms with Gasteiger partial charge in [-0.25, -0.2) is 9.97 Å². The number of nitrogen functional groups attached to an aromatic ring is 1. The molecule has 3 atom stereocenters. The number of amides is 1. The van der Waals surface area contributed by atoms with E-state index >= 15 is 0 Å². The van der Waals surface area contributed by atoms with Crippen molar-refractivity contribution in [2.45, 2.75) is 56.3 Å². The van der Waals surface area contributed by atoms with E-state index < -0.39 is 17.8 Å². The van der Waals surface area contributed by atoms with E-state index in [0.29, 0.717) is 52.1 Å². The lowest BCUT2D eigenvalue weighted by atomic mass is 9.92. The fraction of sp³-hybridized carbons (Fsp3) is 0.345. The minimum atomic E-state index is -4.45. The molecule has 1 amide bonds. The van der Waals surface area contributed by atoms with Crippen molar-refractivity contribution in [3.05, 3.63) is 82.4 Å². The average molecular weight is 570 g/mol. The maximum atomic E-state index is 13.1. The number of piperidine rings is 1. The van der Waals surface area contributed by atoms with Gasteiger partial charge >= 0.3 is 6.18 Å². The van der Waals surface area contributed by atoms with E-state index in [4.69, 9.17) is 17.3 Å². The van der Waals surface area contributed by atoms with Crippen molar-refractivity contribution in [3.8, 4) is 11.3 Å². The molecule has 11 heteroatoms. The number of hydrogen-bond donors (Lipinski definition) is 2. The highest BCUT2D eigenvalue weighted by Gasteiger charge is 2.38. The molecule has 2 saturated heterocycles. The summed E-state index contributed by atoms with van der Waals surface area (Å²) in [6, 6.07) is 12.1. The molecule has 3 N–H and O–H groups in total. The first kappa shape index (κ1) is 26.6. The Labute approximate surface area is 233 Å². The Balaban J connectivity index is 1.27. The number of carbonyl (C=O) groups excluding carboxylic acids is 1. The topological polar surface area (TPSA) is 96.8 Å². The minimum Gasteiger partial charge on any atom is -0.388 e. The number of halogens is 4. The highest BCUT2D eigenvalue weighted by Crippen LogP contribution is 2.38. The molecule has 2 aromatic carbocycles. The number of aliphatic hydroxyl groups is 1. The van der Waals surface area contributed by atoms with Gasteiger partial charge in [0, 0.05) is 36.9 Å². The Morgan fingerprint density at radius 1 is 1.12 bits per heavy atom. The number of anilines is 1. The van der Waals surface area contributed by atoms with Gasteiger partial charge in [-0.2, -0.15) is 13.2 Å². The third-order valence-corrected chi connectivity index (χ3v) is 8.36. The number of nitrogens with two attached hydrogens (primary N) is 1. The molecule has 0 radical (unpaired) electrons. The number of benzene rings is 2. The molecule has 0 bridgehead atoms. The number of nitrogens with zero attached hydrogens (tertiary/aromatic N) is 4. The number of rotatable bonds is 5. The van der Waals surface area contributed by atoms with Crippen LogP contribution in [-0.2, 0) is 17.4 Å². The normalized spacial score (nSPS) is 20.2. The van der Waals surface area contributed by atoms with Crippen LogP contribution in [0.2, 0.25) is 5.15 Å². The molecule has 40 heavy (non-hydrogen) atoms. The molecule has 2 aromatic heterocycles. The lowest BCUT2D eigenvalue weighted by molar-refractivity contribution is -0.137. The molecule has 4 heterocycles. The number of imidazole rings is 1. The molecule has 1 unspecified atom stereocenters. The van der Waals surface area contributed by atoms with Gasteiger partial charge in [-0.15, -0.1) is 0 Å². The van der Waals surface area contributed by atoms with Gasteiger partial charge in [0.1, 0.15) is 28.0 Å². The van der Waals surface area contributed by atoms with Crippen molar-refractivity contribution in [1.82, 2.24) is 19.3 Å². The van der Waals surface area contributed by atoms with E-state index in [9.17, 15) is 23.1 Å². The molecule has 0 saturated carbocycles. The second kappa shape index (κ2) is 10.1. The Morgan fingerprint density at radius 2 is 1.90 bits per heavy atom. The van der Waals surface area contributed by atoms with Crippen molar-refractivity contribution < 1.29 is 23.1 Å². The quantitative estimate of drug-likeness (QED) is 0.317. The van der Waals surface area contributed by atoms with E-state index in [0.717, 1.165) is 37.2 Å². The molecular formula is C29H27ClF3N5O2. The summed E-state index contributed by atoms with van der Waals surface area (Å²) in [6.45, 7) is 0.592. The summed E-state index contributed by atoms with van der Waals surface area (Å²) in [5.41, 5.74) is 8.17. The largest absolute Gasteiger partial charge is 0.416 e. The standard InChI is InChI=1S/C29H27ClF3N5O2/c30-26-25(18-6-4-17(5-7-18)23(39)13-16-2-1-3-20(12-16)29(31,32)33)36-27(34)22-14-35-28(38(22)26)19-8-9-21-10-11-24(40)37(21)15-19/h1-7,12,14,19,21,23,39H,8-11,13,15H2,(H2,34,36)/t19-,21+,23?/m1/s1. The zero-order chi connectivity index (χ0) is 28.2. The summed E-state index contributed by atoms with van der Waals surface area (Å²) in [5, 5.41) is 11.1. The number of aromatic nitrogens is 3. The van der Waals surface area contributed by atoms with Crippen LogP contribution in [-0.4, -0.2) is 42.9 Å². The average Bonchev–Trinajstić information content (AvgIpc) is 3.55. The Morgan fingerprint density at radius 3 is 2.65 bits per heavy atom. The molecule has 4 aromatic rings. The third-order valence-electron chi connectivity index (χ3n) is 8.01. The van der Waals surface area contributed by atoms with Gasteiger partial charge < -0.3 is 15.7 Å². The van der Waals surface area contributed by atoms with Crippen LogP contribution >= 0.6 is 11.6 Å². The van der Waals surface area contributed by atoms with Crippen molar-refractivity contribution in [3.63, 3.8) is 0 Å². The summed E-state index contributed by atoms with van der Waals surface area (Å²) in [5.74, 6) is 1.19. The maximum absolute atomic E-state index is 13.1. The second-order valence-electron chi connectivity index (χ2n) is 10.5. The summed E-state index contributed by atoms with van der Waals surface area (Å²) >= 11 is 6.90. The molecule has 6 rings (SSSR count). The number of alkyl halides is 3. The number of aliphatic hydroxyl groups excluding tert-OH is 1. The first-order chi connectivity index (χ1) is 19.1. The van der Waals surface area contributed by atoms with Gasteiger partial charge in [0.05, 0.1) is 17.9 Å². The highest BCUT2D eigenvalue weighted by atomic mass is 35.5. The fourth-order valence-electron chi connectivity index (χ4n) is 5.91. The van der Waals surface area contributed by atoms with Crippen LogP contribution in [0.15, 0.2) is 54.7 Å². The van der Waals surface area contributed by atoms with E-state index in [1.54, 1.807) is 40.9 Å². The molecule has 2 aliphatic heterocycles. The van der Waals surface area contributed by atoms with E-state index in [1.165, 1.54) is 6.07 Å². The van der Waals surface area contributed by atoms with Gasteiger partial charge in [-0.3, -0.25) is 9.20 Å². The highest BCUT2D eigenvalue weighted by molar-refractivity contribution is 6.32. The Bertz CT molecular complexity index is 1590. The monoisotopic (exact) mass is 569 g/mol. The van der Waals surface area contributed by atoms with Crippen LogP contribution in [0.5, 0.6) is 0 Å².